The Bertz CT molecular complexity index is 406. The van der Waals surface area contributed by atoms with Crippen molar-refractivity contribution in [2.45, 2.75) is 32.7 Å². The number of pyridine rings is 1. The Kier molecular flexibility index (Phi) is 4.85. The van der Waals surface area contributed by atoms with Gasteiger partial charge in [-0.1, -0.05) is 6.92 Å². The van der Waals surface area contributed by atoms with E-state index < -0.39 is 0 Å². The van der Waals surface area contributed by atoms with Gasteiger partial charge in [0.25, 0.3) is 0 Å². The van der Waals surface area contributed by atoms with Crippen molar-refractivity contribution >= 4 is 11.5 Å². The van der Waals surface area contributed by atoms with Crippen LogP contribution < -0.4 is 15.8 Å². The molecule has 2 rings (SSSR count). The van der Waals surface area contributed by atoms with Gasteiger partial charge in [-0.3, -0.25) is 0 Å². The SMILES string of the molecule is CCCOc1nc(NC(C)C2CCOC2)ccc1N. The van der Waals surface area contributed by atoms with Gasteiger partial charge < -0.3 is 20.5 Å². The normalized spacial score (nSPS) is 20.2. The Morgan fingerprint density at radius 3 is 3.11 bits per heavy atom. The smallest absolute Gasteiger partial charge is 0.239 e. The van der Waals surface area contributed by atoms with Crippen LogP contribution >= 0.6 is 0 Å². The highest BCUT2D eigenvalue weighted by Crippen LogP contribution is 2.24. The number of anilines is 2. The van der Waals surface area contributed by atoms with Gasteiger partial charge in [0.05, 0.1) is 18.9 Å². The first-order valence-electron chi connectivity index (χ1n) is 6.94. The van der Waals surface area contributed by atoms with E-state index in [2.05, 4.69) is 24.1 Å². The van der Waals surface area contributed by atoms with E-state index in [-0.39, 0.29) is 0 Å². The minimum absolute atomic E-state index is 0.331. The summed E-state index contributed by atoms with van der Waals surface area (Å²) < 4.78 is 10.9. The Labute approximate surface area is 114 Å². The zero-order valence-electron chi connectivity index (χ0n) is 11.7. The summed E-state index contributed by atoms with van der Waals surface area (Å²) in [6, 6.07) is 4.05. The average Bonchev–Trinajstić information content (AvgIpc) is 2.93. The van der Waals surface area contributed by atoms with Crippen LogP contribution in [0, 0.1) is 5.92 Å². The third-order valence-corrected chi connectivity index (χ3v) is 3.38. The van der Waals surface area contributed by atoms with Crippen molar-refractivity contribution in [2.75, 3.05) is 30.9 Å². The van der Waals surface area contributed by atoms with Crippen LogP contribution in [0.3, 0.4) is 0 Å². The summed E-state index contributed by atoms with van der Waals surface area (Å²) in [5.74, 6) is 1.86. The molecule has 5 heteroatoms. The molecule has 5 nitrogen and oxygen atoms in total. The maximum Gasteiger partial charge on any atom is 0.239 e. The van der Waals surface area contributed by atoms with Gasteiger partial charge >= 0.3 is 0 Å². The van der Waals surface area contributed by atoms with Crippen LogP contribution in [0.5, 0.6) is 5.88 Å². The zero-order valence-corrected chi connectivity index (χ0v) is 11.7. The number of nitrogens with one attached hydrogen (secondary N) is 1. The molecule has 1 fully saturated rings. The Morgan fingerprint density at radius 1 is 1.58 bits per heavy atom. The van der Waals surface area contributed by atoms with Crippen LogP contribution in [0.2, 0.25) is 0 Å². The minimum Gasteiger partial charge on any atom is -0.476 e. The molecule has 0 radical (unpaired) electrons. The highest BCUT2D eigenvalue weighted by atomic mass is 16.5. The maximum atomic E-state index is 5.85. The molecule has 2 atom stereocenters. The molecule has 1 aliphatic heterocycles. The van der Waals surface area contributed by atoms with Crippen LogP contribution in [0.15, 0.2) is 12.1 Å². The topological polar surface area (TPSA) is 69.4 Å². The van der Waals surface area contributed by atoms with Crippen LogP contribution in [0.25, 0.3) is 0 Å². The second-order valence-electron chi connectivity index (χ2n) is 5.00. The van der Waals surface area contributed by atoms with Gasteiger partial charge in [0.2, 0.25) is 5.88 Å². The maximum absolute atomic E-state index is 5.85. The number of nitrogen functional groups attached to an aromatic ring is 1. The first-order valence-corrected chi connectivity index (χ1v) is 6.94. The number of aromatic nitrogens is 1. The summed E-state index contributed by atoms with van der Waals surface area (Å²) >= 11 is 0. The highest BCUT2D eigenvalue weighted by molar-refractivity contribution is 5.53. The van der Waals surface area contributed by atoms with Crippen molar-refractivity contribution in [3.05, 3.63) is 12.1 Å². The zero-order chi connectivity index (χ0) is 13.7. The van der Waals surface area contributed by atoms with Gasteiger partial charge in [-0.05, 0) is 31.9 Å². The van der Waals surface area contributed by atoms with Crippen molar-refractivity contribution in [1.29, 1.82) is 0 Å². The fourth-order valence-corrected chi connectivity index (χ4v) is 2.14. The van der Waals surface area contributed by atoms with E-state index in [1.54, 1.807) is 0 Å². The fourth-order valence-electron chi connectivity index (χ4n) is 2.14. The second-order valence-corrected chi connectivity index (χ2v) is 5.00. The fraction of sp³-hybridized carbons (Fsp3) is 0.643. The lowest BCUT2D eigenvalue weighted by molar-refractivity contribution is 0.183. The van der Waals surface area contributed by atoms with E-state index in [4.69, 9.17) is 15.2 Å². The average molecular weight is 265 g/mol. The van der Waals surface area contributed by atoms with E-state index in [1.165, 1.54) is 0 Å². The summed E-state index contributed by atoms with van der Waals surface area (Å²) in [6.45, 7) is 6.52. The molecule has 0 bridgehead atoms. The van der Waals surface area contributed by atoms with Crippen LogP contribution in [-0.2, 0) is 4.74 Å². The lowest BCUT2D eigenvalue weighted by Crippen LogP contribution is -2.26. The summed E-state index contributed by atoms with van der Waals surface area (Å²) in [4.78, 5) is 4.42. The predicted molar refractivity (Wildman–Crippen MR) is 76.4 cm³/mol. The molecule has 0 aromatic carbocycles. The van der Waals surface area contributed by atoms with Crippen molar-refractivity contribution in [3.63, 3.8) is 0 Å². The first kappa shape index (κ1) is 13.9. The Balaban J connectivity index is 1.99. The number of hydrogen-bond donors (Lipinski definition) is 2. The van der Waals surface area contributed by atoms with E-state index in [0.29, 0.717) is 30.1 Å². The van der Waals surface area contributed by atoms with E-state index in [1.807, 2.05) is 12.1 Å². The Morgan fingerprint density at radius 2 is 2.42 bits per heavy atom. The summed E-state index contributed by atoms with van der Waals surface area (Å²) in [5.41, 5.74) is 6.43. The number of nitrogens with zero attached hydrogens (tertiary/aromatic N) is 1. The molecule has 0 saturated carbocycles. The molecule has 2 heterocycles. The Hall–Kier alpha value is -1.49. The standard InChI is InChI=1S/C14H23N3O2/c1-3-7-19-14-12(15)4-5-13(17-14)16-10(2)11-6-8-18-9-11/h4-5,10-11H,3,6-9,15H2,1-2H3,(H,16,17). The van der Waals surface area contributed by atoms with Crippen LogP contribution in [0.4, 0.5) is 11.5 Å². The molecule has 1 aromatic heterocycles. The molecule has 106 valence electrons. The predicted octanol–water partition coefficient (Wildman–Crippen LogP) is 2.29. The molecule has 2 unspecified atom stereocenters. The highest BCUT2D eigenvalue weighted by Gasteiger charge is 2.22. The van der Waals surface area contributed by atoms with Crippen molar-refractivity contribution in [3.8, 4) is 5.88 Å². The van der Waals surface area contributed by atoms with Crippen LogP contribution in [-0.4, -0.2) is 30.8 Å². The third-order valence-electron chi connectivity index (χ3n) is 3.38. The van der Waals surface area contributed by atoms with Crippen molar-refractivity contribution in [1.82, 2.24) is 4.98 Å². The van der Waals surface area contributed by atoms with E-state index in [0.717, 1.165) is 31.9 Å². The molecule has 3 N–H and O–H groups in total. The van der Waals surface area contributed by atoms with E-state index in [9.17, 15) is 0 Å². The van der Waals surface area contributed by atoms with Crippen molar-refractivity contribution in [2.24, 2.45) is 5.92 Å². The molecule has 19 heavy (non-hydrogen) atoms. The molecular formula is C14H23N3O2. The van der Waals surface area contributed by atoms with Gasteiger partial charge in [-0.15, -0.1) is 0 Å². The molecule has 1 aliphatic rings. The monoisotopic (exact) mass is 265 g/mol. The third kappa shape index (κ3) is 3.73. The summed E-state index contributed by atoms with van der Waals surface area (Å²) in [6.07, 6.45) is 2.04. The number of hydrogen-bond acceptors (Lipinski definition) is 5. The van der Waals surface area contributed by atoms with Gasteiger partial charge in [-0.2, -0.15) is 4.98 Å². The van der Waals surface area contributed by atoms with Gasteiger partial charge in [-0.25, -0.2) is 0 Å². The van der Waals surface area contributed by atoms with Gasteiger partial charge in [0, 0.05) is 18.6 Å². The molecular weight excluding hydrogens is 242 g/mol. The first-order chi connectivity index (χ1) is 9.20. The molecule has 0 aliphatic carbocycles. The van der Waals surface area contributed by atoms with Gasteiger partial charge in [0.1, 0.15) is 5.82 Å². The lowest BCUT2D eigenvalue weighted by Gasteiger charge is -2.20. The molecule has 1 saturated heterocycles. The summed E-state index contributed by atoms with van der Waals surface area (Å²) in [5, 5.41) is 3.40. The van der Waals surface area contributed by atoms with Gasteiger partial charge in [0.15, 0.2) is 0 Å². The minimum atomic E-state index is 0.331. The molecule has 0 spiro atoms. The molecule has 1 aromatic rings. The van der Waals surface area contributed by atoms with Crippen molar-refractivity contribution < 1.29 is 9.47 Å². The number of nitrogens with two attached hydrogens (primary N) is 1. The largest absolute Gasteiger partial charge is 0.476 e. The summed E-state index contributed by atoms with van der Waals surface area (Å²) in [7, 11) is 0. The second kappa shape index (κ2) is 6.61. The number of ether oxygens (including phenoxy) is 2. The lowest BCUT2D eigenvalue weighted by atomic mass is 10.0. The quantitative estimate of drug-likeness (QED) is 0.826. The molecule has 0 amide bonds. The van der Waals surface area contributed by atoms with E-state index >= 15 is 0 Å². The van der Waals surface area contributed by atoms with Crippen LogP contribution in [0.1, 0.15) is 26.7 Å². The number of rotatable bonds is 6.